The Labute approximate surface area is 90.3 Å². The SMILES string of the molecule is CN(C)C(N(C)C(C)(C)C)C(C)(C)C. The van der Waals surface area contributed by atoms with Crippen LogP contribution < -0.4 is 0 Å². The van der Waals surface area contributed by atoms with E-state index in [0.29, 0.717) is 6.17 Å². The van der Waals surface area contributed by atoms with Gasteiger partial charge in [-0.1, -0.05) is 20.8 Å². The lowest BCUT2D eigenvalue weighted by Gasteiger charge is -2.48. The number of rotatable bonds is 2. The first-order valence-corrected chi connectivity index (χ1v) is 5.37. The summed E-state index contributed by atoms with van der Waals surface area (Å²) in [4.78, 5) is 4.73. The zero-order chi connectivity index (χ0) is 11.7. The lowest BCUT2D eigenvalue weighted by molar-refractivity contribution is -0.0351. The van der Waals surface area contributed by atoms with Crippen LogP contribution >= 0.6 is 0 Å². The van der Waals surface area contributed by atoms with Crippen molar-refractivity contribution >= 4 is 0 Å². The number of hydrogen-bond donors (Lipinski definition) is 0. The minimum atomic E-state index is 0.211. The molecule has 0 amide bonds. The van der Waals surface area contributed by atoms with E-state index >= 15 is 0 Å². The van der Waals surface area contributed by atoms with Crippen LogP contribution in [0.4, 0.5) is 0 Å². The summed E-state index contributed by atoms with van der Waals surface area (Å²) in [6.45, 7) is 13.7. The topological polar surface area (TPSA) is 6.48 Å². The van der Waals surface area contributed by atoms with Crippen LogP contribution in [-0.2, 0) is 0 Å². The molecule has 0 aliphatic rings. The van der Waals surface area contributed by atoms with Crippen molar-refractivity contribution in [2.24, 2.45) is 5.41 Å². The Hall–Kier alpha value is -0.0800. The first-order chi connectivity index (χ1) is 5.98. The Bertz CT molecular complexity index is 172. The summed E-state index contributed by atoms with van der Waals surface area (Å²) in [5.41, 5.74) is 0.480. The monoisotopic (exact) mass is 200 g/mol. The lowest BCUT2D eigenvalue weighted by atomic mass is 9.88. The van der Waals surface area contributed by atoms with E-state index in [0.717, 1.165) is 0 Å². The predicted octanol–water partition coefficient (Wildman–Crippen LogP) is 2.65. The summed E-state index contributed by atoms with van der Waals surface area (Å²) in [6, 6.07) is 0. The van der Waals surface area contributed by atoms with Gasteiger partial charge in [0.1, 0.15) is 0 Å². The van der Waals surface area contributed by atoms with Crippen LogP contribution in [0.1, 0.15) is 41.5 Å². The van der Waals surface area contributed by atoms with Crippen LogP contribution in [0.2, 0.25) is 0 Å². The first kappa shape index (κ1) is 13.9. The van der Waals surface area contributed by atoms with Crippen LogP contribution in [-0.4, -0.2) is 42.6 Å². The van der Waals surface area contributed by atoms with Crippen molar-refractivity contribution < 1.29 is 0 Å². The second-order valence-electron chi connectivity index (χ2n) is 6.49. The maximum Gasteiger partial charge on any atom is 0.0669 e. The molecule has 2 nitrogen and oxygen atoms in total. The van der Waals surface area contributed by atoms with Crippen LogP contribution in [0, 0.1) is 5.41 Å². The van der Waals surface area contributed by atoms with E-state index < -0.39 is 0 Å². The molecular formula is C12H28N2. The minimum Gasteiger partial charge on any atom is -0.294 e. The van der Waals surface area contributed by atoms with E-state index in [1.165, 1.54) is 0 Å². The smallest absolute Gasteiger partial charge is 0.0669 e. The normalized spacial score (nSPS) is 16.5. The predicted molar refractivity (Wildman–Crippen MR) is 64.4 cm³/mol. The zero-order valence-electron chi connectivity index (χ0n) is 11.5. The van der Waals surface area contributed by atoms with E-state index in [9.17, 15) is 0 Å². The van der Waals surface area contributed by atoms with Crippen LogP contribution in [0.15, 0.2) is 0 Å². The second-order valence-corrected chi connectivity index (χ2v) is 6.49. The van der Waals surface area contributed by atoms with Crippen molar-refractivity contribution in [3.63, 3.8) is 0 Å². The molecule has 0 N–H and O–H groups in total. The van der Waals surface area contributed by atoms with E-state index in [1.54, 1.807) is 0 Å². The highest BCUT2D eigenvalue weighted by Gasteiger charge is 2.35. The molecule has 0 aliphatic carbocycles. The summed E-state index contributed by atoms with van der Waals surface area (Å²) in [6.07, 6.45) is 0.461. The summed E-state index contributed by atoms with van der Waals surface area (Å²) < 4.78 is 0. The summed E-state index contributed by atoms with van der Waals surface area (Å²) in [5, 5.41) is 0. The molecule has 0 aromatic rings. The summed E-state index contributed by atoms with van der Waals surface area (Å²) in [5.74, 6) is 0. The summed E-state index contributed by atoms with van der Waals surface area (Å²) in [7, 11) is 6.51. The molecule has 0 aliphatic heterocycles. The second kappa shape index (κ2) is 4.19. The quantitative estimate of drug-likeness (QED) is 0.632. The van der Waals surface area contributed by atoms with Crippen molar-refractivity contribution in [1.29, 1.82) is 0 Å². The molecule has 0 aromatic carbocycles. The van der Waals surface area contributed by atoms with Gasteiger partial charge in [0.15, 0.2) is 0 Å². The first-order valence-electron chi connectivity index (χ1n) is 5.37. The average molecular weight is 200 g/mol. The van der Waals surface area contributed by atoms with Gasteiger partial charge in [0.2, 0.25) is 0 Å². The fraction of sp³-hybridized carbons (Fsp3) is 1.00. The fourth-order valence-corrected chi connectivity index (χ4v) is 2.07. The van der Waals surface area contributed by atoms with Gasteiger partial charge in [-0.15, -0.1) is 0 Å². The van der Waals surface area contributed by atoms with Crippen LogP contribution in [0.25, 0.3) is 0 Å². The van der Waals surface area contributed by atoms with Gasteiger partial charge >= 0.3 is 0 Å². The molecule has 86 valence electrons. The summed E-state index contributed by atoms with van der Waals surface area (Å²) >= 11 is 0. The maximum absolute atomic E-state index is 2.44. The van der Waals surface area contributed by atoms with Crippen LogP contribution in [0.3, 0.4) is 0 Å². The molecule has 0 spiro atoms. The van der Waals surface area contributed by atoms with E-state index in [-0.39, 0.29) is 11.0 Å². The molecule has 0 saturated heterocycles. The molecule has 0 radical (unpaired) electrons. The maximum atomic E-state index is 2.44. The van der Waals surface area contributed by atoms with Crippen molar-refractivity contribution in [2.75, 3.05) is 21.1 Å². The highest BCUT2D eigenvalue weighted by molar-refractivity contribution is 4.86. The molecule has 0 aromatic heterocycles. The highest BCUT2D eigenvalue weighted by Crippen LogP contribution is 2.29. The Morgan fingerprint density at radius 2 is 1.14 bits per heavy atom. The van der Waals surface area contributed by atoms with Gasteiger partial charge in [-0.2, -0.15) is 0 Å². The van der Waals surface area contributed by atoms with Crippen molar-refractivity contribution in [3.05, 3.63) is 0 Å². The molecule has 1 unspecified atom stereocenters. The Kier molecular flexibility index (Phi) is 4.17. The Morgan fingerprint density at radius 3 is 1.21 bits per heavy atom. The molecule has 0 heterocycles. The van der Waals surface area contributed by atoms with Gasteiger partial charge in [0.05, 0.1) is 6.17 Å². The van der Waals surface area contributed by atoms with Crippen molar-refractivity contribution in [3.8, 4) is 0 Å². The zero-order valence-corrected chi connectivity index (χ0v) is 11.5. The van der Waals surface area contributed by atoms with Gasteiger partial charge in [-0.3, -0.25) is 9.80 Å². The van der Waals surface area contributed by atoms with E-state index in [4.69, 9.17) is 0 Å². The largest absolute Gasteiger partial charge is 0.294 e. The Balaban J connectivity index is 4.86. The lowest BCUT2D eigenvalue weighted by Crippen LogP contribution is -2.57. The van der Waals surface area contributed by atoms with Crippen molar-refractivity contribution in [1.82, 2.24) is 9.80 Å². The third-order valence-corrected chi connectivity index (χ3v) is 2.69. The number of nitrogens with zero attached hydrogens (tertiary/aromatic N) is 2. The van der Waals surface area contributed by atoms with Gasteiger partial charge in [-0.05, 0) is 47.3 Å². The number of hydrogen-bond acceptors (Lipinski definition) is 2. The molecule has 0 fully saturated rings. The van der Waals surface area contributed by atoms with Gasteiger partial charge in [0, 0.05) is 5.54 Å². The molecular weight excluding hydrogens is 172 g/mol. The molecule has 1 atom stereocenters. The van der Waals surface area contributed by atoms with E-state index in [1.807, 2.05) is 0 Å². The van der Waals surface area contributed by atoms with Crippen molar-refractivity contribution in [2.45, 2.75) is 53.2 Å². The molecule has 0 saturated carbocycles. The molecule has 0 rings (SSSR count). The molecule has 2 heteroatoms. The fourth-order valence-electron chi connectivity index (χ4n) is 2.07. The Morgan fingerprint density at radius 1 is 0.786 bits per heavy atom. The third-order valence-electron chi connectivity index (χ3n) is 2.69. The molecule has 0 bridgehead atoms. The minimum absolute atomic E-state index is 0.211. The van der Waals surface area contributed by atoms with Gasteiger partial charge < -0.3 is 0 Å². The molecule has 14 heavy (non-hydrogen) atoms. The van der Waals surface area contributed by atoms with Crippen LogP contribution in [0.5, 0.6) is 0 Å². The standard InChI is InChI=1S/C12H28N2/c1-11(2,3)10(13(7)8)14(9)12(4,5)6/h10H,1-9H3. The third kappa shape index (κ3) is 3.58. The highest BCUT2D eigenvalue weighted by atomic mass is 15.4. The van der Waals surface area contributed by atoms with E-state index in [2.05, 4.69) is 72.5 Å². The van der Waals surface area contributed by atoms with Gasteiger partial charge in [0.25, 0.3) is 0 Å². The van der Waals surface area contributed by atoms with Gasteiger partial charge in [-0.25, -0.2) is 0 Å². The average Bonchev–Trinajstić information content (AvgIpc) is 1.79.